The van der Waals surface area contributed by atoms with E-state index in [-0.39, 0.29) is 0 Å². The molecule has 0 N–H and O–H groups in total. The van der Waals surface area contributed by atoms with E-state index in [0.29, 0.717) is 0 Å². The number of benzene rings is 1. The molecule has 4 aromatic heterocycles. The Bertz CT molecular complexity index is 1040. The zero-order valence-corrected chi connectivity index (χ0v) is 17.9. The van der Waals surface area contributed by atoms with Crippen LogP contribution in [0.3, 0.4) is 0 Å². The minimum absolute atomic E-state index is 1.04. The molecule has 0 bridgehead atoms. The Morgan fingerprint density at radius 1 is 0.692 bits per heavy atom. The lowest BCUT2D eigenvalue weighted by Gasteiger charge is -2.10. The van der Waals surface area contributed by atoms with Gasteiger partial charge in [0, 0.05) is 41.8 Å². The average Bonchev–Trinajstić information content (AvgIpc) is 3.37. The maximum Gasteiger partial charge on any atom is 0.0391 e. The van der Waals surface area contributed by atoms with Crippen molar-refractivity contribution in [1.29, 1.82) is 0 Å². The van der Waals surface area contributed by atoms with E-state index in [2.05, 4.69) is 61.0 Å². The minimum Gasteiger partial charge on any atom is -0.149 e. The summed E-state index contributed by atoms with van der Waals surface area (Å²) in [5.74, 6) is 0. The Balaban J connectivity index is 1.81. The second-order valence-corrected chi connectivity index (χ2v) is 11.2. The summed E-state index contributed by atoms with van der Waals surface area (Å²) in [7, 11) is 0. The predicted molar refractivity (Wildman–Crippen MR) is 121 cm³/mol. The summed E-state index contributed by atoms with van der Waals surface area (Å²) in [5, 5.41) is 7.32. The van der Waals surface area contributed by atoms with Crippen LogP contribution >= 0.6 is 45.3 Å². The summed E-state index contributed by atoms with van der Waals surface area (Å²) >= 11 is 7.66. The molecule has 130 valence electrons. The van der Waals surface area contributed by atoms with E-state index in [1.54, 1.807) is 0 Å². The normalized spacial score (nSPS) is 11.8. The van der Waals surface area contributed by atoms with Crippen molar-refractivity contribution in [2.24, 2.45) is 0 Å². The van der Waals surface area contributed by atoms with Gasteiger partial charge in [0.1, 0.15) is 0 Å². The Morgan fingerprint density at radius 3 is 1.54 bits per heavy atom. The fraction of sp³-hybridized carbons (Fsp3) is 0.182. The van der Waals surface area contributed by atoms with Crippen LogP contribution in [0.5, 0.6) is 0 Å². The third-order valence-corrected chi connectivity index (χ3v) is 8.74. The number of rotatable bonds is 4. The molecule has 0 saturated heterocycles. The third kappa shape index (κ3) is 2.85. The smallest absolute Gasteiger partial charge is 0.0391 e. The molecular weight excluding hydrogens is 393 g/mol. The second-order valence-electron chi connectivity index (χ2n) is 6.67. The van der Waals surface area contributed by atoms with Gasteiger partial charge < -0.3 is 0 Å². The van der Waals surface area contributed by atoms with Crippen molar-refractivity contribution in [3.63, 3.8) is 0 Å². The molecule has 0 aliphatic heterocycles. The van der Waals surface area contributed by atoms with Gasteiger partial charge in [-0.05, 0) is 70.8 Å². The summed E-state index contributed by atoms with van der Waals surface area (Å²) in [4.78, 5) is 5.73. The van der Waals surface area contributed by atoms with E-state index in [0.717, 1.165) is 12.8 Å². The van der Waals surface area contributed by atoms with Crippen molar-refractivity contribution < 1.29 is 0 Å². The fourth-order valence-corrected chi connectivity index (χ4v) is 7.32. The van der Waals surface area contributed by atoms with Gasteiger partial charge in [0.15, 0.2) is 0 Å². The molecule has 0 saturated carbocycles. The van der Waals surface area contributed by atoms with Crippen molar-refractivity contribution in [3.05, 3.63) is 77.8 Å². The molecule has 0 nitrogen and oxygen atoms in total. The number of fused-ring (bicyclic) bond motifs is 2. The van der Waals surface area contributed by atoms with Crippen LogP contribution in [0.1, 0.15) is 30.6 Å². The number of aryl methyl sites for hydroxylation is 2. The van der Waals surface area contributed by atoms with Crippen LogP contribution in [0.15, 0.2) is 47.2 Å². The van der Waals surface area contributed by atoms with Gasteiger partial charge in [-0.2, -0.15) is 0 Å². The molecule has 0 aliphatic rings. The van der Waals surface area contributed by atoms with Gasteiger partial charge >= 0.3 is 0 Å². The maximum atomic E-state index is 2.41. The quantitative estimate of drug-likeness (QED) is 0.281. The van der Waals surface area contributed by atoms with Crippen LogP contribution in [0.4, 0.5) is 0 Å². The van der Waals surface area contributed by atoms with E-state index >= 15 is 0 Å². The van der Waals surface area contributed by atoms with Gasteiger partial charge in [-0.15, -0.1) is 45.3 Å². The summed E-state index contributed by atoms with van der Waals surface area (Å²) in [5.41, 5.74) is 3.05. The van der Waals surface area contributed by atoms with Crippen LogP contribution in [0.25, 0.3) is 20.2 Å². The average molecular weight is 411 g/mol. The van der Waals surface area contributed by atoms with Gasteiger partial charge in [0.05, 0.1) is 0 Å². The second kappa shape index (κ2) is 6.61. The molecule has 0 aliphatic carbocycles. The standard InChI is InChI=1S/C22H18S4/c1-13-9-17-19(11-15-5-3-7-23-15)22-18(10-14(2)26-22)20(21(17)25-13)12-16-6-4-8-24-16/h3-10H,11-12H2,1-2H3. The first kappa shape index (κ1) is 16.7. The van der Waals surface area contributed by atoms with Gasteiger partial charge in [-0.25, -0.2) is 0 Å². The Morgan fingerprint density at radius 2 is 1.15 bits per heavy atom. The number of hydrogen-bond donors (Lipinski definition) is 0. The summed E-state index contributed by atoms with van der Waals surface area (Å²) in [6.45, 7) is 4.49. The Labute approximate surface area is 169 Å². The molecule has 0 unspecified atom stereocenters. The highest BCUT2D eigenvalue weighted by atomic mass is 32.1. The van der Waals surface area contributed by atoms with Crippen molar-refractivity contribution >= 4 is 65.5 Å². The molecule has 5 rings (SSSR count). The Kier molecular flexibility index (Phi) is 4.24. The molecule has 0 fully saturated rings. The van der Waals surface area contributed by atoms with Crippen LogP contribution < -0.4 is 0 Å². The summed E-state index contributed by atoms with van der Waals surface area (Å²) in [6, 6.07) is 13.7. The van der Waals surface area contributed by atoms with Gasteiger partial charge in [0.2, 0.25) is 0 Å². The first-order valence-corrected chi connectivity index (χ1v) is 12.1. The largest absolute Gasteiger partial charge is 0.149 e. The zero-order valence-electron chi connectivity index (χ0n) is 14.7. The van der Waals surface area contributed by atoms with Crippen molar-refractivity contribution in [1.82, 2.24) is 0 Å². The van der Waals surface area contributed by atoms with Gasteiger partial charge in [-0.3, -0.25) is 0 Å². The molecule has 0 atom stereocenters. The van der Waals surface area contributed by atoms with E-state index in [9.17, 15) is 0 Å². The maximum absolute atomic E-state index is 2.41. The predicted octanol–water partition coefficient (Wildman–Crippen LogP) is 8.04. The first-order valence-electron chi connectivity index (χ1n) is 8.68. The first-order chi connectivity index (χ1) is 12.7. The number of hydrogen-bond acceptors (Lipinski definition) is 4. The van der Waals surface area contributed by atoms with Gasteiger partial charge in [-0.1, -0.05) is 12.1 Å². The van der Waals surface area contributed by atoms with E-state index < -0.39 is 0 Å². The van der Waals surface area contributed by atoms with E-state index in [1.807, 2.05) is 45.3 Å². The van der Waals surface area contributed by atoms with E-state index in [4.69, 9.17) is 0 Å². The highest BCUT2D eigenvalue weighted by Gasteiger charge is 2.19. The lowest BCUT2D eigenvalue weighted by atomic mass is 9.97. The monoisotopic (exact) mass is 410 g/mol. The zero-order chi connectivity index (χ0) is 17.7. The van der Waals surface area contributed by atoms with E-state index in [1.165, 1.54) is 50.8 Å². The summed E-state index contributed by atoms with van der Waals surface area (Å²) in [6.07, 6.45) is 2.08. The van der Waals surface area contributed by atoms with Crippen LogP contribution in [0, 0.1) is 13.8 Å². The minimum atomic E-state index is 1.04. The van der Waals surface area contributed by atoms with Crippen molar-refractivity contribution in [2.45, 2.75) is 26.7 Å². The summed E-state index contributed by atoms with van der Waals surface area (Å²) < 4.78 is 2.99. The highest BCUT2D eigenvalue weighted by Crippen LogP contribution is 2.43. The molecule has 0 amide bonds. The van der Waals surface area contributed by atoms with Gasteiger partial charge in [0.25, 0.3) is 0 Å². The van der Waals surface area contributed by atoms with Crippen LogP contribution in [0.2, 0.25) is 0 Å². The van der Waals surface area contributed by atoms with Crippen LogP contribution in [-0.4, -0.2) is 0 Å². The topological polar surface area (TPSA) is 0 Å². The number of thiophene rings is 4. The Hall–Kier alpha value is -1.46. The lowest BCUT2D eigenvalue weighted by Crippen LogP contribution is -1.92. The molecule has 26 heavy (non-hydrogen) atoms. The lowest BCUT2D eigenvalue weighted by molar-refractivity contribution is 1.27. The highest BCUT2D eigenvalue weighted by molar-refractivity contribution is 7.21. The molecule has 5 aromatic rings. The third-order valence-electron chi connectivity index (χ3n) is 4.77. The molecule has 0 spiro atoms. The van der Waals surface area contributed by atoms with Crippen molar-refractivity contribution in [2.75, 3.05) is 0 Å². The van der Waals surface area contributed by atoms with Crippen LogP contribution in [-0.2, 0) is 12.8 Å². The van der Waals surface area contributed by atoms with Crippen molar-refractivity contribution in [3.8, 4) is 0 Å². The molecular formula is C22H18S4. The fourth-order valence-electron chi connectivity index (χ4n) is 3.70. The SMILES string of the molecule is Cc1cc2c(Cc3cccs3)c3sc(C)cc3c(Cc3cccs3)c2s1. The molecule has 4 heteroatoms. The molecule has 0 radical (unpaired) electrons. The molecule has 1 aromatic carbocycles. The molecule has 4 heterocycles.